The van der Waals surface area contributed by atoms with Gasteiger partial charge in [-0.25, -0.2) is 4.98 Å². The second-order valence-electron chi connectivity index (χ2n) is 6.22. The molecule has 0 amide bonds. The highest BCUT2D eigenvalue weighted by Crippen LogP contribution is 2.29. The Kier molecular flexibility index (Phi) is 3.37. The zero-order valence-corrected chi connectivity index (χ0v) is 13.3. The van der Waals surface area contributed by atoms with E-state index in [9.17, 15) is 0 Å². The molecule has 1 aliphatic rings. The van der Waals surface area contributed by atoms with Crippen LogP contribution < -0.4 is 10.6 Å². The van der Waals surface area contributed by atoms with Crippen molar-refractivity contribution < 1.29 is 0 Å². The van der Waals surface area contributed by atoms with Gasteiger partial charge in [-0.05, 0) is 38.8 Å². The number of nitrogens with zero attached hydrogens (tertiary/aromatic N) is 4. The number of imidazole rings is 1. The van der Waals surface area contributed by atoms with E-state index in [2.05, 4.69) is 44.0 Å². The number of hydrogen-bond donors (Lipinski definition) is 2. The monoisotopic (exact) mass is 308 g/mol. The Bertz CT molecular complexity index is 820. The smallest absolute Gasteiger partial charge is 0.231 e. The number of aromatic nitrogens is 4. The molecule has 2 heterocycles. The van der Waals surface area contributed by atoms with Crippen molar-refractivity contribution in [3.05, 3.63) is 36.7 Å². The molecule has 2 N–H and O–H groups in total. The van der Waals surface area contributed by atoms with Gasteiger partial charge in [0.15, 0.2) is 17.0 Å². The molecule has 0 spiro atoms. The van der Waals surface area contributed by atoms with Crippen LogP contribution in [0.2, 0.25) is 0 Å². The summed E-state index contributed by atoms with van der Waals surface area (Å²) in [5.41, 5.74) is 2.67. The molecule has 0 atom stereocenters. The Morgan fingerprint density at radius 2 is 1.91 bits per heavy atom. The van der Waals surface area contributed by atoms with Crippen LogP contribution in [0.15, 0.2) is 36.7 Å². The molecule has 23 heavy (non-hydrogen) atoms. The fourth-order valence-electron chi connectivity index (χ4n) is 2.52. The van der Waals surface area contributed by atoms with Gasteiger partial charge in [0.2, 0.25) is 5.95 Å². The lowest BCUT2D eigenvalue weighted by Crippen LogP contribution is -2.08. The van der Waals surface area contributed by atoms with Crippen molar-refractivity contribution in [1.82, 2.24) is 19.5 Å². The molecule has 0 radical (unpaired) electrons. The minimum Gasteiger partial charge on any atom is -0.365 e. The molecule has 0 saturated heterocycles. The van der Waals surface area contributed by atoms with Gasteiger partial charge in [0, 0.05) is 17.8 Å². The second-order valence-corrected chi connectivity index (χ2v) is 6.22. The molecule has 0 unspecified atom stereocenters. The summed E-state index contributed by atoms with van der Waals surface area (Å²) in [5, 5.41) is 6.75. The molecule has 4 rings (SSSR count). The van der Waals surface area contributed by atoms with Crippen molar-refractivity contribution >= 4 is 28.6 Å². The molecule has 118 valence electrons. The zero-order chi connectivity index (χ0) is 15.8. The standard InChI is InChI=1S/C17H20N6/c1-11(2)23-10-18-14-15(19-13-8-9-13)21-17(22-16(14)23)20-12-6-4-3-5-7-12/h3-7,10-11,13H,8-9H2,1-2H3,(H2,19,20,21,22). The highest BCUT2D eigenvalue weighted by Gasteiger charge is 2.24. The summed E-state index contributed by atoms with van der Waals surface area (Å²) >= 11 is 0. The minimum atomic E-state index is 0.299. The maximum absolute atomic E-state index is 4.68. The molecular formula is C17H20N6. The summed E-state index contributed by atoms with van der Waals surface area (Å²) in [7, 11) is 0. The van der Waals surface area contributed by atoms with Gasteiger partial charge in [-0.1, -0.05) is 18.2 Å². The van der Waals surface area contributed by atoms with Crippen LogP contribution in [-0.4, -0.2) is 25.6 Å². The van der Waals surface area contributed by atoms with Crippen LogP contribution >= 0.6 is 0 Å². The first-order valence-corrected chi connectivity index (χ1v) is 8.04. The largest absolute Gasteiger partial charge is 0.365 e. The average molecular weight is 308 g/mol. The van der Waals surface area contributed by atoms with Crippen LogP contribution in [0.4, 0.5) is 17.5 Å². The van der Waals surface area contributed by atoms with E-state index >= 15 is 0 Å². The van der Waals surface area contributed by atoms with Crippen LogP contribution in [0, 0.1) is 0 Å². The molecule has 6 nitrogen and oxygen atoms in total. The fraction of sp³-hybridized carbons (Fsp3) is 0.353. The molecule has 0 bridgehead atoms. The van der Waals surface area contributed by atoms with E-state index in [1.165, 1.54) is 12.8 Å². The third kappa shape index (κ3) is 2.84. The van der Waals surface area contributed by atoms with E-state index < -0.39 is 0 Å². The van der Waals surface area contributed by atoms with Crippen molar-refractivity contribution in [2.75, 3.05) is 10.6 Å². The van der Waals surface area contributed by atoms with Crippen LogP contribution in [0.5, 0.6) is 0 Å². The van der Waals surface area contributed by atoms with Gasteiger partial charge < -0.3 is 15.2 Å². The van der Waals surface area contributed by atoms with E-state index in [-0.39, 0.29) is 0 Å². The van der Waals surface area contributed by atoms with Crippen LogP contribution in [0.25, 0.3) is 11.2 Å². The van der Waals surface area contributed by atoms with E-state index in [4.69, 9.17) is 0 Å². The van der Waals surface area contributed by atoms with Gasteiger partial charge >= 0.3 is 0 Å². The Morgan fingerprint density at radius 1 is 1.13 bits per heavy atom. The summed E-state index contributed by atoms with van der Waals surface area (Å²) in [6.45, 7) is 4.25. The highest BCUT2D eigenvalue weighted by atomic mass is 15.2. The zero-order valence-electron chi connectivity index (χ0n) is 13.3. The number of hydrogen-bond acceptors (Lipinski definition) is 5. The van der Waals surface area contributed by atoms with Crippen LogP contribution in [0.1, 0.15) is 32.7 Å². The lowest BCUT2D eigenvalue weighted by molar-refractivity contribution is 0.613. The van der Waals surface area contributed by atoms with Gasteiger partial charge in [0.05, 0.1) is 6.33 Å². The molecule has 1 aromatic carbocycles. The van der Waals surface area contributed by atoms with E-state index in [0.29, 0.717) is 18.0 Å². The maximum Gasteiger partial charge on any atom is 0.231 e. The predicted molar refractivity (Wildman–Crippen MR) is 92.1 cm³/mol. The number of nitrogens with one attached hydrogen (secondary N) is 2. The van der Waals surface area contributed by atoms with Gasteiger partial charge in [0.25, 0.3) is 0 Å². The van der Waals surface area contributed by atoms with Crippen molar-refractivity contribution in [3.63, 3.8) is 0 Å². The number of anilines is 3. The summed E-state index contributed by atoms with van der Waals surface area (Å²) in [6, 6.07) is 10.8. The number of benzene rings is 1. The third-order valence-electron chi connectivity index (χ3n) is 3.93. The quantitative estimate of drug-likeness (QED) is 0.752. The van der Waals surface area contributed by atoms with Crippen LogP contribution in [-0.2, 0) is 0 Å². The first-order valence-electron chi connectivity index (χ1n) is 8.04. The first kappa shape index (κ1) is 14.0. The Balaban J connectivity index is 1.78. The van der Waals surface area contributed by atoms with Gasteiger partial charge in [-0.2, -0.15) is 9.97 Å². The lowest BCUT2D eigenvalue weighted by atomic mass is 10.3. The SMILES string of the molecule is CC(C)n1cnc2c(NC3CC3)nc(Nc3ccccc3)nc21. The topological polar surface area (TPSA) is 67.7 Å². The Morgan fingerprint density at radius 3 is 2.61 bits per heavy atom. The summed E-state index contributed by atoms with van der Waals surface area (Å²) < 4.78 is 2.07. The molecule has 1 saturated carbocycles. The molecule has 1 fully saturated rings. The number of rotatable bonds is 5. The van der Waals surface area contributed by atoms with Crippen molar-refractivity contribution in [2.24, 2.45) is 0 Å². The molecule has 6 heteroatoms. The highest BCUT2D eigenvalue weighted by molar-refractivity contribution is 5.85. The minimum absolute atomic E-state index is 0.299. The summed E-state index contributed by atoms with van der Waals surface area (Å²) in [5.74, 6) is 1.41. The number of fused-ring (bicyclic) bond motifs is 1. The summed E-state index contributed by atoms with van der Waals surface area (Å²) in [6.07, 6.45) is 4.23. The van der Waals surface area contributed by atoms with Gasteiger partial charge in [-0.15, -0.1) is 0 Å². The van der Waals surface area contributed by atoms with Crippen molar-refractivity contribution in [2.45, 2.75) is 38.8 Å². The van der Waals surface area contributed by atoms with Crippen molar-refractivity contribution in [1.29, 1.82) is 0 Å². The Labute approximate surface area is 135 Å². The molecule has 2 aromatic heterocycles. The molecule has 1 aliphatic carbocycles. The van der Waals surface area contributed by atoms with Crippen LogP contribution in [0.3, 0.4) is 0 Å². The first-order chi connectivity index (χ1) is 11.2. The Hall–Kier alpha value is -2.63. The predicted octanol–water partition coefficient (Wildman–Crippen LogP) is 3.73. The lowest BCUT2D eigenvalue weighted by Gasteiger charge is -2.11. The third-order valence-corrected chi connectivity index (χ3v) is 3.93. The van der Waals surface area contributed by atoms with E-state index in [1.807, 2.05) is 36.7 Å². The van der Waals surface area contributed by atoms with Gasteiger partial charge in [0.1, 0.15) is 0 Å². The van der Waals surface area contributed by atoms with Crippen molar-refractivity contribution in [3.8, 4) is 0 Å². The molecular weight excluding hydrogens is 288 g/mol. The molecule has 3 aromatic rings. The van der Waals surface area contributed by atoms with E-state index in [1.54, 1.807) is 0 Å². The van der Waals surface area contributed by atoms with E-state index in [0.717, 1.165) is 22.7 Å². The normalized spacial score (nSPS) is 14.4. The average Bonchev–Trinajstić information content (AvgIpc) is 3.24. The number of para-hydroxylation sites is 1. The summed E-state index contributed by atoms with van der Waals surface area (Å²) in [4.78, 5) is 13.8. The fourth-order valence-corrected chi connectivity index (χ4v) is 2.52. The maximum atomic E-state index is 4.68. The molecule has 0 aliphatic heterocycles. The second kappa shape index (κ2) is 5.53. The van der Waals surface area contributed by atoms with Gasteiger partial charge in [-0.3, -0.25) is 0 Å².